The van der Waals surface area contributed by atoms with Crippen LogP contribution in [0.2, 0.25) is 0 Å². The van der Waals surface area contributed by atoms with Crippen molar-refractivity contribution < 1.29 is 19.4 Å². The Morgan fingerprint density at radius 2 is 1.72 bits per heavy atom. The van der Waals surface area contributed by atoms with Crippen molar-refractivity contribution in [2.75, 3.05) is 24.3 Å². The van der Waals surface area contributed by atoms with Crippen LogP contribution >= 0.6 is 0 Å². The largest absolute Gasteiger partial charge is 0.497 e. The first-order valence-corrected chi connectivity index (χ1v) is 7.87. The van der Waals surface area contributed by atoms with Gasteiger partial charge in [-0.3, -0.25) is 0 Å². The summed E-state index contributed by atoms with van der Waals surface area (Å²) in [5, 5.41) is 14.6. The lowest BCUT2D eigenvalue weighted by molar-refractivity contribution is 0.140. The van der Waals surface area contributed by atoms with Crippen molar-refractivity contribution in [1.29, 1.82) is 0 Å². The molecule has 7 nitrogen and oxygen atoms in total. The van der Waals surface area contributed by atoms with Crippen LogP contribution in [0.4, 0.5) is 21.0 Å². The van der Waals surface area contributed by atoms with Gasteiger partial charge in [0.2, 0.25) is 0 Å². The number of nitrogens with zero attached hydrogens (tertiary/aromatic N) is 1. The second kappa shape index (κ2) is 7.12. The van der Waals surface area contributed by atoms with Crippen LogP contribution in [-0.2, 0) is 13.0 Å². The number of carbonyl (C=O) groups excluding carboxylic acids is 1. The number of benzene rings is 2. The van der Waals surface area contributed by atoms with Gasteiger partial charge in [0, 0.05) is 24.5 Å². The fourth-order valence-electron chi connectivity index (χ4n) is 2.76. The van der Waals surface area contributed by atoms with E-state index in [-0.39, 0.29) is 6.03 Å². The first-order valence-electron chi connectivity index (χ1n) is 7.87. The predicted octanol–water partition coefficient (Wildman–Crippen LogP) is 3.38. The lowest BCUT2D eigenvalue weighted by Crippen LogP contribution is -2.34. The van der Waals surface area contributed by atoms with E-state index in [1.54, 1.807) is 37.4 Å². The summed E-state index contributed by atoms with van der Waals surface area (Å²) in [7, 11) is 1.58. The topological polar surface area (TPSA) is 90.9 Å². The second-order valence-electron chi connectivity index (χ2n) is 5.75. The number of hydrogen-bond acceptors (Lipinski definition) is 3. The van der Waals surface area contributed by atoms with Gasteiger partial charge >= 0.3 is 12.1 Å². The molecule has 1 aliphatic heterocycles. The zero-order valence-electron chi connectivity index (χ0n) is 13.8. The van der Waals surface area contributed by atoms with Crippen LogP contribution in [0.1, 0.15) is 11.1 Å². The van der Waals surface area contributed by atoms with Gasteiger partial charge in [0.1, 0.15) is 5.75 Å². The van der Waals surface area contributed by atoms with Gasteiger partial charge in [0.15, 0.2) is 0 Å². The van der Waals surface area contributed by atoms with E-state index in [1.165, 1.54) is 4.90 Å². The van der Waals surface area contributed by atoms with Gasteiger partial charge in [-0.05, 0) is 53.9 Å². The van der Waals surface area contributed by atoms with Gasteiger partial charge < -0.3 is 25.4 Å². The summed E-state index contributed by atoms with van der Waals surface area (Å²) in [5.74, 6) is 0.719. The van der Waals surface area contributed by atoms with Crippen molar-refractivity contribution in [1.82, 2.24) is 4.90 Å². The number of carbonyl (C=O) groups is 2. The highest BCUT2D eigenvalue weighted by atomic mass is 16.5. The molecule has 1 heterocycles. The lowest BCUT2D eigenvalue weighted by Gasteiger charge is -2.26. The highest BCUT2D eigenvalue weighted by Gasteiger charge is 2.20. The third-order valence-electron chi connectivity index (χ3n) is 4.09. The predicted molar refractivity (Wildman–Crippen MR) is 94.2 cm³/mol. The molecule has 0 atom stereocenters. The van der Waals surface area contributed by atoms with E-state index >= 15 is 0 Å². The minimum absolute atomic E-state index is 0.340. The molecule has 0 unspecified atom stereocenters. The van der Waals surface area contributed by atoms with E-state index in [1.807, 2.05) is 12.1 Å². The van der Waals surface area contributed by atoms with Crippen molar-refractivity contribution in [3.63, 3.8) is 0 Å². The normalized spacial score (nSPS) is 12.9. The number of hydrogen-bond donors (Lipinski definition) is 3. The third-order valence-corrected chi connectivity index (χ3v) is 4.09. The molecule has 0 aliphatic carbocycles. The highest BCUT2D eigenvalue weighted by Crippen LogP contribution is 2.23. The van der Waals surface area contributed by atoms with Crippen molar-refractivity contribution >= 4 is 23.5 Å². The number of ether oxygens (including phenoxy) is 1. The van der Waals surface area contributed by atoms with Crippen LogP contribution in [0, 0.1) is 0 Å². The number of amides is 3. The number of nitrogens with one attached hydrogen (secondary N) is 2. The molecule has 1 aliphatic rings. The van der Waals surface area contributed by atoms with E-state index < -0.39 is 6.09 Å². The van der Waals surface area contributed by atoms with E-state index in [4.69, 9.17) is 9.84 Å². The maximum atomic E-state index is 12.1. The Bertz CT molecular complexity index is 789. The van der Waals surface area contributed by atoms with E-state index in [9.17, 15) is 9.59 Å². The highest BCUT2D eigenvalue weighted by molar-refractivity contribution is 5.99. The van der Waals surface area contributed by atoms with Crippen molar-refractivity contribution in [3.05, 3.63) is 53.6 Å². The molecule has 3 rings (SSSR count). The number of anilines is 2. The van der Waals surface area contributed by atoms with Crippen molar-refractivity contribution in [3.8, 4) is 5.75 Å². The van der Waals surface area contributed by atoms with Crippen LogP contribution < -0.4 is 15.4 Å². The first-order chi connectivity index (χ1) is 12.0. The Kier molecular flexibility index (Phi) is 4.74. The van der Waals surface area contributed by atoms with Gasteiger partial charge in [0.25, 0.3) is 0 Å². The zero-order valence-corrected chi connectivity index (χ0v) is 13.8. The molecule has 0 fully saturated rings. The molecular weight excluding hydrogens is 322 g/mol. The maximum absolute atomic E-state index is 12.1. The number of rotatable bonds is 3. The molecule has 0 bridgehead atoms. The van der Waals surface area contributed by atoms with Crippen molar-refractivity contribution in [2.45, 2.75) is 13.0 Å². The van der Waals surface area contributed by atoms with Crippen LogP contribution in [0.25, 0.3) is 0 Å². The number of carboxylic acid groups (broad SMARTS) is 1. The molecule has 7 heteroatoms. The lowest BCUT2D eigenvalue weighted by atomic mass is 9.99. The molecule has 2 aromatic carbocycles. The van der Waals surface area contributed by atoms with E-state index in [0.717, 1.165) is 16.9 Å². The minimum Gasteiger partial charge on any atom is -0.497 e. The molecule has 0 aromatic heterocycles. The Hall–Kier alpha value is -3.22. The fraction of sp³-hybridized carbons (Fsp3) is 0.222. The summed E-state index contributed by atoms with van der Waals surface area (Å²) >= 11 is 0. The van der Waals surface area contributed by atoms with Crippen LogP contribution in [-0.4, -0.2) is 35.8 Å². The van der Waals surface area contributed by atoms with Gasteiger partial charge in [-0.25, -0.2) is 9.59 Å². The number of urea groups is 1. The third kappa shape index (κ3) is 4.00. The Labute approximate surface area is 145 Å². The SMILES string of the molecule is COc1ccc(NC(=O)Nc2ccc3c(c2)CCN(C(=O)O)C3)cc1. The fourth-order valence-corrected chi connectivity index (χ4v) is 2.76. The second-order valence-corrected chi connectivity index (χ2v) is 5.75. The number of methoxy groups -OCH3 is 1. The average Bonchev–Trinajstić information content (AvgIpc) is 2.61. The van der Waals surface area contributed by atoms with Crippen LogP contribution in [0.5, 0.6) is 5.75 Å². The summed E-state index contributed by atoms with van der Waals surface area (Å²) in [5.41, 5.74) is 3.36. The summed E-state index contributed by atoms with van der Waals surface area (Å²) in [4.78, 5) is 24.5. The van der Waals surface area contributed by atoms with Crippen molar-refractivity contribution in [2.24, 2.45) is 0 Å². The molecule has 25 heavy (non-hydrogen) atoms. The Morgan fingerprint density at radius 3 is 2.40 bits per heavy atom. The van der Waals surface area contributed by atoms with Crippen LogP contribution in [0.3, 0.4) is 0 Å². The standard InChI is InChI=1S/C18H19N3O4/c1-25-16-6-4-14(5-7-16)19-17(22)20-15-3-2-13-11-21(18(23)24)9-8-12(13)10-15/h2-7,10H,8-9,11H2,1H3,(H,23,24)(H2,19,20,22). The minimum atomic E-state index is -0.910. The molecule has 0 radical (unpaired) electrons. The van der Waals surface area contributed by atoms with E-state index in [0.29, 0.717) is 30.9 Å². The average molecular weight is 341 g/mol. The molecule has 130 valence electrons. The quantitative estimate of drug-likeness (QED) is 0.798. The summed E-state index contributed by atoms with van der Waals surface area (Å²) in [6.45, 7) is 0.840. The zero-order chi connectivity index (χ0) is 17.8. The smallest absolute Gasteiger partial charge is 0.407 e. The molecule has 0 saturated carbocycles. The van der Waals surface area contributed by atoms with E-state index in [2.05, 4.69) is 10.6 Å². The molecule has 0 saturated heterocycles. The molecular formula is C18H19N3O4. The summed E-state index contributed by atoms with van der Waals surface area (Å²) < 4.78 is 5.08. The maximum Gasteiger partial charge on any atom is 0.407 e. The first kappa shape index (κ1) is 16.6. The molecule has 2 aromatic rings. The van der Waals surface area contributed by atoms with Gasteiger partial charge in [0.05, 0.1) is 7.11 Å². The Morgan fingerprint density at radius 1 is 1.04 bits per heavy atom. The monoisotopic (exact) mass is 341 g/mol. The van der Waals surface area contributed by atoms with Crippen LogP contribution in [0.15, 0.2) is 42.5 Å². The summed E-state index contributed by atoms with van der Waals surface area (Å²) in [6, 6.07) is 12.2. The Balaban J connectivity index is 1.63. The molecule has 3 N–H and O–H groups in total. The van der Waals surface area contributed by atoms with Gasteiger partial charge in [-0.15, -0.1) is 0 Å². The van der Waals surface area contributed by atoms with Gasteiger partial charge in [-0.2, -0.15) is 0 Å². The molecule has 3 amide bonds. The molecule has 0 spiro atoms. The summed E-state index contributed by atoms with van der Waals surface area (Å²) in [6.07, 6.45) is -0.274. The number of fused-ring (bicyclic) bond motifs is 1. The van der Waals surface area contributed by atoms with Gasteiger partial charge in [-0.1, -0.05) is 6.07 Å².